The number of anilines is 2. The van der Waals surface area contributed by atoms with E-state index in [4.69, 9.17) is 36.9 Å². The number of hydrogen-bond acceptors (Lipinski definition) is 8. The summed E-state index contributed by atoms with van der Waals surface area (Å²) in [6, 6.07) is 13.1. The van der Waals surface area contributed by atoms with Crippen molar-refractivity contribution in [3.05, 3.63) is 47.5 Å². The van der Waals surface area contributed by atoms with Crippen LogP contribution in [-0.2, 0) is 0 Å². The van der Waals surface area contributed by atoms with Gasteiger partial charge in [0.05, 0.1) is 16.8 Å². The molecule has 0 radical (unpaired) electrons. The summed E-state index contributed by atoms with van der Waals surface area (Å²) in [5, 5.41) is 9.41. The van der Waals surface area contributed by atoms with Crippen molar-refractivity contribution in [1.29, 1.82) is 0 Å². The van der Waals surface area contributed by atoms with Gasteiger partial charge in [-0.3, -0.25) is 0 Å². The maximum atomic E-state index is 6.60. The first kappa shape index (κ1) is 21.0. The quantitative estimate of drug-likeness (QED) is 0.430. The minimum Gasteiger partial charge on any atom is -0.454 e. The average Bonchev–Trinajstić information content (AvgIpc) is 3.60. The highest BCUT2D eigenvalue weighted by Crippen LogP contribution is 2.39. The molecule has 4 aromatic rings. The first-order chi connectivity index (χ1) is 16.7. The van der Waals surface area contributed by atoms with Crippen LogP contribution in [0.4, 0.5) is 11.8 Å². The van der Waals surface area contributed by atoms with Crippen molar-refractivity contribution in [3.63, 3.8) is 0 Å². The topological polar surface area (TPSA) is 103 Å². The third-order valence-electron chi connectivity index (χ3n) is 6.20. The number of fused-ring (bicyclic) bond motifs is 2. The second-order valence-corrected chi connectivity index (χ2v) is 8.85. The normalized spacial score (nSPS) is 15.3. The highest BCUT2D eigenvalue weighted by atomic mass is 35.5. The lowest BCUT2D eigenvalue weighted by molar-refractivity contribution is 0.174. The van der Waals surface area contributed by atoms with E-state index in [0.717, 1.165) is 37.4 Å². The molecule has 0 bridgehead atoms. The van der Waals surface area contributed by atoms with Gasteiger partial charge in [0.1, 0.15) is 5.82 Å². The molecule has 0 unspecified atom stereocenters. The number of hydrogen-bond donors (Lipinski definition) is 2. The number of nitrogen functional groups attached to an aromatic ring is 1. The number of nitrogens with zero attached hydrogens (tertiary/aromatic N) is 5. The van der Waals surface area contributed by atoms with Crippen molar-refractivity contribution in [2.45, 2.75) is 12.8 Å². The summed E-state index contributed by atoms with van der Waals surface area (Å²) in [6.45, 7) is 4.19. The van der Waals surface area contributed by atoms with Gasteiger partial charge >= 0.3 is 0 Å². The van der Waals surface area contributed by atoms with Gasteiger partial charge in [-0.15, -0.1) is 5.10 Å². The minimum atomic E-state index is 0.206. The second-order valence-electron chi connectivity index (χ2n) is 8.41. The van der Waals surface area contributed by atoms with E-state index in [2.05, 4.69) is 15.2 Å². The van der Waals surface area contributed by atoms with Crippen LogP contribution < -0.4 is 20.5 Å². The van der Waals surface area contributed by atoms with Crippen LogP contribution in [0.3, 0.4) is 0 Å². The first-order valence-electron chi connectivity index (χ1n) is 11.3. The van der Waals surface area contributed by atoms with Gasteiger partial charge in [0.15, 0.2) is 17.1 Å². The highest BCUT2D eigenvalue weighted by molar-refractivity contribution is 6.30. The average molecular weight is 478 g/mol. The van der Waals surface area contributed by atoms with E-state index in [0.29, 0.717) is 45.0 Å². The number of rotatable bonds is 6. The molecule has 1 saturated heterocycles. The van der Waals surface area contributed by atoms with Gasteiger partial charge in [0.25, 0.3) is 0 Å². The van der Waals surface area contributed by atoms with Crippen LogP contribution in [-0.4, -0.2) is 57.6 Å². The van der Waals surface area contributed by atoms with Gasteiger partial charge < -0.3 is 25.4 Å². The Hall–Kier alpha value is -3.56. The number of likely N-dealkylation sites (tertiary alicyclic amines) is 1. The van der Waals surface area contributed by atoms with Gasteiger partial charge in [0.2, 0.25) is 12.7 Å². The molecule has 9 nitrogen and oxygen atoms in total. The first-order valence-corrected chi connectivity index (χ1v) is 11.7. The number of ether oxygens (including phenoxy) is 2. The Kier molecular flexibility index (Phi) is 5.35. The van der Waals surface area contributed by atoms with Crippen LogP contribution in [0.5, 0.6) is 11.5 Å². The third-order valence-corrected chi connectivity index (χ3v) is 6.45. The van der Waals surface area contributed by atoms with E-state index in [1.807, 2.05) is 30.3 Å². The van der Waals surface area contributed by atoms with Crippen LogP contribution >= 0.6 is 11.6 Å². The van der Waals surface area contributed by atoms with Crippen molar-refractivity contribution < 1.29 is 9.47 Å². The molecule has 10 heteroatoms. The predicted octanol–water partition coefficient (Wildman–Crippen LogP) is 3.95. The molecule has 0 aliphatic carbocycles. The molecule has 3 N–H and O–H groups in total. The lowest BCUT2D eigenvalue weighted by atomic mass is 10.1. The van der Waals surface area contributed by atoms with Gasteiger partial charge in [-0.2, -0.15) is 4.98 Å². The Morgan fingerprint density at radius 2 is 1.79 bits per heavy atom. The number of aromatic nitrogens is 4. The zero-order chi connectivity index (χ0) is 23.1. The number of halogens is 1. The number of nitrogens with two attached hydrogens (primary N) is 1. The van der Waals surface area contributed by atoms with Crippen molar-refractivity contribution in [2.24, 2.45) is 0 Å². The fraction of sp³-hybridized carbons (Fsp3) is 0.292. The van der Waals surface area contributed by atoms with Crippen molar-refractivity contribution in [2.75, 3.05) is 44.0 Å². The van der Waals surface area contributed by atoms with E-state index in [-0.39, 0.29) is 6.79 Å². The van der Waals surface area contributed by atoms with Gasteiger partial charge in [-0.25, -0.2) is 9.67 Å². The fourth-order valence-corrected chi connectivity index (χ4v) is 4.58. The molecular formula is C24H24ClN7O2. The maximum Gasteiger partial charge on any atom is 0.231 e. The van der Waals surface area contributed by atoms with Gasteiger partial charge in [0, 0.05) is 23.7 Å². The van der Waals surface area contributed by atoms with E-state index < -0.39 is 0 Å². The van der Waals surface area contributed by atoms with E-state index in [1.165, 1.54) is 12.8 Å². The summed E-state index contributed by atoms with van der Waals surface area (Å²) in [7, 11) is 0. The van der Waals surface area contributed by atoms with Gasteiger partial charge in [-0.1, -0.05) is 11.6 Å². The maximum absolute atomic E-state index is 6.60. The van der Waals surface area contributed by atoms with Crippen LogP contribution in [0, 0.1) is 0 Å². The SMILES string of the molecule is Nc1c2c(-c3ccc4c(c3)OCO4)nc(NCCN3CCCC3)nc2nn1-c1ccc(Cl)cc1. The zero-order valence-electron chi connectivity index (χ0n) is 18.5. The lowest BCUT2D eigenvalue weighted by Crippen LogP contribution is -2.26. The van der Waals surface area contributed by atoms with Crippen molar-refractivity contribution >= 4 is 34.4 Å². The molecule has 2 aliphatic rings. The standard InChI is InChI=1S/C24H24ClN7O2/c25-16-4-6-17(7-5-16)32-22(26)20-21(15-3-8-18-19(13-15)34-14-33-18)28-24(29-23(20)30-32)27-9-12-31-10-1-2-11-31/h3-8,13H,1-2,9-12,14,26H2,(H,27,29,30). The predicted molar refractivity (Wildman–Crippen MR) is 132 cm³/mol. The molecule has 0 spiro atoms. The molecule has 2 aromatic carbocycles. The highest BCUT2D eigenvalue weighted by Gasteiger charge is 2.22. The van der Waals surface area contributed by atoms with Crippen LogP contribution in [0.1, 0.15) is 12.8 Å². The molecule has 2 aliphatic heterocycles. The summed E-state index contributed by atoms with van der Waals surface area (Å²) >= 11 is 6.07. The van der Waals surface area contributed by atoms with Crippen molar-refractivity contribution in [1.82, 2.24) is 24.6 Å². The van der Waals surface area contributed by atoms with Crippen LogP contribution in [0.25, 0.3) is 28.0 Å². The fourth-order valence-electron chi connectivity index (χ4n) is 4.45. The molecular weight excluding hydrogens is 454 g/mol. The Labute approximate surface area is 201 Å². The van der Waals surface area contributed by atoms with Crippen molar-refractivity contribution in [3.8, 4) is 28.4 Å². The summed E-state index contributed by atoms with van der Waals surface area (Å²) in [4.78, 5) is 12.0. The Balaban J connectivity index is 1.43. The monoisotopic (exact) mass is 477 g/mol. The van der Waals surface area contributed by atoms with Crippen LogP contribution in [0.2, 0.25) is 5.02 Å². The molecule has 1 fully saturated rings. The van der Waals surface area contributed by atoms with Gasteiger partial charge in [-0.05, 0) is 68.4 Å². The van der Waals surface area contributed by atoms with E-state index in [9.17, 15) is 0 Å². The number of benzene rings is 2. The zero-order valence-corrected chi connectivity index (χ0v) is 19.3. The second kappa shape index (κ2) is 8.66. The molecule has 6 rings (SSSR count). The molecule has 174 valence electrons. The smallest absolute Gasteiger partial charge is 0.231 e. The summed E-state index contributed by atoms with van der Waals surface area (Å²) in [5.41, 5.74) is 9.44. The minimum absolute atomic E-state index is 0.206. The molecule has 4 heterocycles. The Bertz CT molecular complexity index is 1350. The molecule has 0 atom stereocenters. The number of nitrogens with one attached hydrogen (secondary N) is 1. The molecule has 0 saturated carbocycles. The Morgan fingerprint density at radius 3 is 2.62 bits per heavy atom. The summed E-state index contributed by atoms with van der Waals surface area (Å²) in [6.07, 6.45) is 2.52. The summed E-state index contributed by atoms with van der Waals surface area (Å²) < 4.78 is 12.7. The Morgan fingerprint density at radius 1 is 1.00 bits per heavy atom. The summed E-state index contributed by atoms with van der Waals surface area (Å²) in [5.74, 6) is 2.35. The van der Waals surface area contributed by atoms with E-state index >= 15 is 0 Å². The largest absolute Gasteiger partial charge is 0.454 e. The van der Waals surface area contributed by atoms with E-state index in [1.54, 1.807) is 16.8 Å². The third kappa shape index (κ3) is 3.86. The molecule has 0 amide bonds. The lowest BCUT2D eigenvalue weighted by Gasteiger charge is -2.15. The molecule has 34 heavy (non-hydrogen) atoms. The molecule has 2 aromatic heterocycles. The van der Waals surface area contributed by atoms with Crippen LogP contribution in [0.15, 0.2) is 42.5 Å².